The standard InChI is InChI=1S/C24H26Cl2N2O4/c1-4-12-24(23(30)28(2)3)21(19-11-8-17(25)15-20(19)26)32-22(27-24)16-6-9-18(10-7-16)31-14-5-13-29/h4,6-11,15,21,29H,1,5,12-14H2,2-3H3/t21-,24-/m1/s1. The highest BCUT2D eigenvalue weighted by Crippen LogP contribution is 2.45. The van der Waals surface area contributed by atoms with Gasteiger partial charge in [-0.1, -0.05) is 35.3 Å². The van der Waals surface area contributed by atoms with E-state index in [0.29, 0.717) is 45.8 Å². The van der Waals surface area contributed by atoms with Crippen LogP contribution in [0.4, 0.5) is 0 Å². The summed E-state index contributed by atoms with van der Waals surface area (Å²) in [6, 6.07) is 12.3. The van der Waals surface area contributed by atoms with Crippen LogP contribution >= 0.6 is 23.2 Å². The Morgan fingerprint density at radius 1 is 1.28 bits per heavy atom. The lowest BCUT2D eigenvalue weighted by Crippen LogP contribution is -2.47. The van der Waals surface area contributed by atoms with Crippen LogP contribution in [0.15, 0.2) is 60.1 Å². The lowest BCUT2D eigenvalue weighted by atomic mass is 9.84. The summed E-state index contributed by atoms with van der Waals surface area (Å²) in [5.41, 5.74) is 0.0665. The van der Waals surface area contributed by atoms with Gasteiger partial charge in [-0.2, -0.15) is 0 Å². The molecule has 0 bridgehead atoms. The van der Waals surface area contributed by atoms with Crippen molar-refractivity contribution in [2.45, 2.75) is 24.5 Å². The van der Waals surface area contributed by atoms with Crippen LogP contribution in [0, 0.1) is 0 Å². The van der Waals surface area contributed by atoms with Gasteiger partial charge in [0.05, 0.1) is 6.61 Å². The van der Waals surface area contributed by atoms with Gasteiger partial charge >= 0.3 is 0 Å². The first-order chi connectivity index (χ1) is 15.3. The third-order valence-corrected chi connectivity index (χ3v) is 5.68. The number of aliphatic imine (C=N–C) groups is 1. The molecule has 3 rings (SSSR count). The average Bonchev–Trinajstić information content (AvgIpc) is 3.14. The van der Waals surface area contributed by atoms with Crippen LogP contribution in [-0.4, -0.2) is 54.7 Å². The third-order valence-electron chi connectivity index (χ3n) is 5.11. The van der Waals surface area contributed by atoms with Gasteiger partial charge in [0.25, 0.3) is 5.91 Å². The maximum absolute atomic E-state index is 13.4. The SMILES string of the molecule is C=CC[C@@]1(C(=O)N(C)C)N=C(c2ccc(OCCCO)cc2)O[C@@H]1c1ccc(Cl)cc1Cl. The van der Waals surface area contributed by atoms with E-state index in [1.165, 1.54) is 4.90 Å². The second-order valence-corrected chi connectivity index (χ2v) is 8.49. The summed E-state index contributed by atoms with van der Waals surface area (Å²) in [4.78, 5) is 19.7. The summed E-state index contributed by atoms with van der Waals surface area (Å²) in [5.74, 6) is 0.784. The lowest BCUT2D eigenvalue weighted by molar-refractivity contribution is -0.137. The predicted octanol–water partition coefficient (Wildman–Crippen LogP) is 4.68. The number of rotatable bonds is 9. The first-order valence-electron chi connectivity index (χ1n) is 10.2. The minimum Gasteiger partial charge on any atom is -0.494 e. The van der Waals surface area contributed by atoms with Gasteiger partial charge in [0.2, 0.25) is 5.90 Å². The summed E-state index contributed by atoms with van der Waals surface area (Å²) in [7, 11) is 3.36. The van der Waals surface area contributed by atoms with Crippen molar-refractivity contribution in [2.75, 3.05) is 27.3 Å². The molecule has 0 unspecified atom stereocenters. The highest BCUT2D eigenvalue weighted by Gasteiger charge is 2.53. The molecule has 1 aliphatic heterocycles. The molecule has 1 aliphatic rings. The molecular weight excluding hydrogens is 451 g/mol. The molecule has 0 saturated heterocycles. The predicted molar refractivity (Wildman–Crippen MR) is 127 cm³/mol. The Balaban J connectivity index is 2.02. The molecule has 0 radical (unpaired) electrons. The fourth-order valence-electron chi connectivity index (χ4n) is 3.60. The number of carbonyl (C=O) groups is 1. The third kappa shape index (κ3) is 4.93. The fourth-order valence-corrected chi connectivity index (χ4v) is 4.11. The van der Waals surface area contributed by atoms with Crippen LogP contribution in [0.2, 0.25) is 10.0 Å². The number of likely N-dealkylation sites (N-methyl/N-ethyl adjacent to an activating group) is 1. The molecule has 1 heterocycles. The maximum Gasteiger partial charge on any atom is 0.254 e. The first-order valence-corrected chi connectivity index (χ1v) is 11.0. The molecule has 6 nitrogen and oxygen atoms in total. The highest BCUT2D eigenvalue weighted by atomic mass is 35.5. The quantitative estimate of drug-likeness (QED) is 0.421. The number of aliphatic hydroxyl groups excluding tert-OH is 1. The van der Waals surface area contributed by atoms with Gasteiger partial charge in [-0.15, -0.1) is 6.58 Å². The van der Waals surface area contributed by atoms with Gasteiger partial charge < -0.3 is 19.5 Å². The molecule has 32 heavy (non-hydrogen) atoms. The molecule has 2 atom stereocenters. The fraction of sp³-hybridized carbons (Fsp3) is 0.333. The van der Waals surface area contributed by atoms with E-state index in [1.54, 1.807) is 50.5 Å². The Kier molecular flexibility index (Phi) is 7.82. The number of hydrogen-bond donors (Lipinski definition) is 1. The summed E-state index contributed by atoms with van der Waals surface area (Å²) in [5, 5.41) is 9.78. The van der Waals surface area contributed by atoms with E-state index in [9.17, 15) is 4.79 Å². The average molecular weight is 477 g/mol. The molecule has 0 saturated carbocycles. The topological polar surface area (TPSA) is 71.4 Å². The Morgan fingerprint density at radius 3 is 2.59 bits per heavy atom. The Morgan fingerprint density at radius 2 is 2.00 bits per heavy atom. The molecule has 2 aromatic carbocycles. The van der Waals surface area contributed by atoms with E-state index < -0.39 is 11.6 Å². The molecule has 2 aromatic rings. The number of carbonyl (C=O) groups excluding carboxylic acids is 1. The van der Waals surface area contributed by atoms with Crippen molar-refractivity contribution in [2.24, 2.45) is 4.99 Å². The van der Waals surface area contributed by atoms with Crippen molar-refractivity contribution in [3.05, 3.63) is 76.3 Å². The van der Waals surface area contributed by atoms with E-state index in [2.05, 4.69) is 6.58 Å². The smallest absolute Gasteiger partial charge is 0.254 e. The van der Waals surface area contributed by atoms with Crippen LogP contribution in [-0.2, 0) is 9.53 Å². The lowest BCUT2D eigenvalue weighted by Gasteiger charge is -2.32. The van der Waals surface area contributed by atoms with Crippen molar-refractivity contribution in [1.29, 1.82) is 0 Å². The monoisotopic (exact) mass is 476 g/mol. The zero-order valence-electron chi connectivity index (χ0n) is 18.1. The van der Waals surface area contributed by atoms with E-state index >= 15 is 0 Å². The molecule has 1 N–H and O–H groups in total. The van der Waals surface area contributed by atoms with Crippen LogP contribution in [0.3, 0.4) is 0 Å². The minimum atomic E-state index is -1.26. The molecule has 0 spiro atoms. The molecule has 8 heteroatoms. The number of hydrogen-bond acceptors (Lipinski definition) is 5. The van der Waals surface area contributed by atoms with Crippen molar-refractivity contribution in [1.82, 2.24) is 4.90 Å². The minimum absolute atomic E-state index is 0.0721. The van der Waals surface area contributed by atoms with Gasteiger partial charge in [-0.3, -0.25) is 4.79 Å². The van der Waals surface area contributed by atoms with E-state index in [0.717, 1.165) is 0 Å². The normalized spacial score (nSPS) is 19.8. The maximum atomic E-state index is 13.4. The second kappa shape index (κ2) is 10.4. The number of benzene rings is 2. The Hall–Kier alpha value is -2.54. The molecule has 0 fully saturated rings. The van der Waals surface area contributed by atoms with Crippen LogP contribution < -0.4 is 4.74 Å². The van der Waals surface area contributed by atoms with Crippen LogP contribution in [0.25, 0.3) is 0 Å². The molecule has 0 aliphatic carbocycles. The summed E-state index contributed by atoms with van der Waals surface area (Å²) in [6.07, 6.45) is 1.72. The number of amides is 1. The summed E-state index contributed by atoms with van der Waals surface area (Å²) in [6.45, 7) is 4.33. The number of ether oxygens (including phenoxy) is 2. The van der Waals surface area contributed by atoms with Crippen molar-refractivity contribution < 1.29 is 19.4 Å². The Labute approximate surface area is 198 Å². The van der Waals surface area contributed by atoms with Crippen molar-refractivity contribution >= 4 is 35.0 Å². The zero-order valence-corrected chi connectivity index (χ0v) is 19.6. The number of nitrogens with zero attached hydrogens (tertiary/aromatic N) is 2. The van der Waals surface area contributed by atoms with Gasteiger partial charge in [0.1, 0.15) is 5.75 Å². The molecular formula is C24H26Cl2N2O4. The highest BCUT2D eigenvalue weighted by molar-refractivity contribution is 6.35. The van der Waals surface area contributed by atoms with Crippen molar-refractivity contribution in [3.63, 3.8) is 0 Å². The van der Waals surface area contributed by atoms with Gasteiger partial charge in [-0.25, -0.2) is 4.99 Å². The van der Waals surface area contributed by atoms with Crippen LogP contribution in [0.1, 0.15) is 30.1 Å². The zero-order chi connectivity index (χ0) is 23.3. The van der Waals surface area contributed by atoms with E-state index in [-0.39, 0.29) is 18.9 Å². The van der Waals surface area contributed by atoms with E-state index in [4.69, 9.17) is 42.8 Å². The largest absolute Gasteiger partial charge is 0.494 e. The van der Waals surface area contributed by atoms with Gasteiger partial charge in [0.15, 0.2) is 11.6 Å². The first kappa shape index (κ1) is 24.1. The molecule has 170 valence electrons. The second-order valence-electron chi connectivity index (χ2n) is 7.65. The Bertz CT molecular complexity index is 1010. The number of aliphatic hydroxyl groups is 1. The van der Waals surface area contributed by atoms with Crippen LogP contribution in [0.5, 0.6) is 5.75 Å². The van der Waals surface area contributed by atoms with Gasteiger partial charge in [-0.05, 0) is 36.4 Å². The summed E-state index contributed by atoms with van der Waals surface area (Å²) >= 11 is 12.6. The molecule has 1 amide bonds. The van der Waals surface area contributed by atoms with E-state index in [1.807, 2.05) is 12.1 Å². The van der Waals surface area contributed by atoms with Crippen molar-refractivity contribution in [3.8, 4) is 5.75 Å². The van der Waals surface area contributed by atoms with Gasteiger partial charge in [0, 0.05) is 54.7 Å². The molecule has 0 aromatic heterocycles. The number of halogens is 2. The summed E-state index contributed by atoms with van der Waals surface area (Å²) < 4.78 is 11.9.